The zero-order valence-electron chi connectivity index (χ0n) is 13.4. The topological polar surface area (TPSA) is 37.1 Å². The molecule has 0 spiro atoms. The van der Waals surface area contributed by atoms with E-state index >= 15 is 0 Å². The standard InChI is InChI=1S/C17H27NO2S/c1-4-6-7-8-9-17-16(5-2)18(17)21(19,20)15-12-10-14(3)11-13-15/h10-13,16-17H,4-9H2,1-3H3/t16-,17+,18?/m1/s1. The Balaban J connectivity index is 2.04. The molecule has 2 rings (SSSR count). The Morgan fingerprint density at radius 2 is 1.67 bits per heavy atom. The Kier molecular flexibility index (Phi) is 5.44. The molecule has 0 aliphatic carbocycles. The zero-order valence-corrected chi connectivity index (χ0v) is 14.2. The van der Waals surface area contributed by atoms with Crippen molar-refractivity contribution in [1.29, 1.82) is 0 Å². The summed E-state index contributed by atoms with van der Waals surface area (Å²) in [6.45, 7) is 6.24. The van der Waals surface area contributed by atoms with Crippen molar-refractivity contribution in [2.24, 2.45) is 0 Å². The van der Waals surface area contributed by atoms with Crippen molar-refractivity contribution in [2.75, 3.05) is 0 Å². The summed E-state index contributed by atoms with van der Waals surface area (Å²) in [4.78, 5) is 0.433. The highest BCUT2D eigenvalue weighted by Gasteiger charge is 2.53. The van der Waals surface area contributed by atoms with E-state index < -0.39 is 10.0 Å². The normalized spacial score (nSPS) is 25.0. The first-order valence-corrected chi connectivity index (χ1v) is 9.56. The lowest BCUT2D eigenvalue weighted by Gasteiger charge is -2.07. The zero-order chi connectivity index (χ0) is 15.5. The van der Waals surface area contributed by atoms with Gasteiger partial charge in [0.1, 0.15) is 0 Å². The highest BCUT2D eigenvalue weighted by Crippen LogP contribution is 2.40. The summed E-state index contributed by atoms with van der Waals surface area (Å²) in [5, 5.41) is 0. The molecule has 1 saturated heterocycles. The summed E-state index contributed by atoms with van der Waals surface area (Å²) in [6, 6.07) is 7.62. The van der Waals surface area contributed by atoms with Gasteiger partial charge in [-0.05, 0) is 31.9 Å². The molecular formula is C17H27NO2S. The molecule has 1 unspecified atom stereocenters. The van der Waals surface area contributed by atoms with Gasteiger partial charge in [0.15, 0.2) is 0 Å². The molecule has 0 N–H and O–H groups in total. The van der Waals surface area contributed by atoms with Crippen LogP contribution in [0.15, 0.2) is 29.2 Å². The summed E-state index contributed by atoms with van der Waals surface area (Å²) in [7, 11) is -3.30. The van der Waals surface area contributed by atoms with E-state index in [2.05, 4.69) is 13.8 Å². The van der Waals surface area contributed by atoms with Gasteiger partial charge in [0.25, 0.3) is 0 Å². The van der Waals surface area contributed by atoms with E-state index in [1.165, 1.54) is 19.3 Å². The number of rotatable bonds is 8. The van der Waals surface area contributed by atoms with Crippen molar-refractivity contribution >= 4 is 10.0 Å². The largest absolute Gasteiger partial charge is 0.243 e. The number of hydrogen-bond donors (Lipinski definition) is 0. The molecule has 4 heteroatoms. The Labute approximate surface area is 129 Å². The molecule has 1 heterocycles. The molecule has 3 nitrogen and oxygen atoms in total. The van der Waals surface area contributed by atoms with Gasteiger partial charge in [0.05, 0.1) is 4.90 Å². The van der Waals surface area contributed by atoms with Gasteiger partial charge in [-0.15, -0.1) is 0 Å². The molecule has 21 heavy (non-hydrogen) atoms. The highest BCUT2D eigenvalue weighted by atomic mass is 32.2. The third-order valence-corrected chi connectivity index (χ3v) is 6.34. The van der Waals surface area contributed by atoms with E-state index in [1.54, 1.807) is 16.4 Å². The van der Waals surface area contributed by atoms with Crippen LogP contribution >= 0.6 is 0 Å². The lowest BCUT2D eigenvalue weighted by Crippen LogP contribution is -2.16. The maximum absolute atomic E-state index is 12.7. The third-order valence-electron chi connectivity index (χ3n) is 4.38. The molecule has 0 bridgehead atoms. The fourth-order valence-electron chi connectivity index (χ4n) is 3.05. The van der Waals surface area contributed by atoms with E-state index in [0.717, 1.165) is 24.8 Å². The van der Waals surface area contributed by atoms with E-state index in [-0.39, 0.29) is 12.1 Å². The Bertz CT molecular complexity index is 551. The molecule has 0 amide bonds. The molecule has 1 aliphatic rings. The second-order valence-electron chi connectivity index (χ2n) is 6.04. The number of hydrogen-bond acceptors (Lipinski definition) is 2. The van der Waals surface area contributed by atoms with E-state index in [1.807, 2.05) is 19.1 Å². The summed E-state index contributed by atoms with van der Waals surface area (Å²) in [6.07, 6.45) is 6.71. The van der Waals surface area contributed by atoms with Crippen LogP contribution in [0.4, 0.5) is 0 Å². The summed E-state index contributed by atoms with van der Waals surface area (Å²) < 4.78 is 27.1. The fraction of sp³-hybridized carbons (Fsp3) is 0.647. The van der Waals surface area contributed by atoms with Gasteiger partial charge in [-0.25, -0.2) is 8.42 Å². The fourth-order valence-corrected chi connectivity index (χ4v) is 4.97. The lowest BCUT2D eigenvalue weighted by atomic mass is 10.1. The third kappa shape index (κ3) is 3.67. The van der Waals surface area contributed by atoms with Crippen molar-refractivity contribution < 1.29 is 8.42 Å². The maximum Gasteiger partial charge on any atom is 0.243 e. The van der Waals surface area contributed by atoms with Crippen molar-refractivity contribution in [3.63, 3.8) is 0 Å². The first-order valence-electron chi connectivity index (χ1n) is 8.12. The molecule has 3 atom stereocenters. The SMILES string of the molecule is CCCCCC[C@H]1[C@@H](CC)N1S(=O)(=O)c1ccc(C)cc1. The maximum atomic E-state index is 12.7. The molecule has 1 aliphatic heterocycles. The minimum absolute atomic E-state index is 0.206. The van der Waals surface area contributed by atoms with Gasteiger partial charge < -0.3 is 0 Å². The molecule has 0 saturated carbocycles. The van der Waals surface area contributed by atoms with E-state index in [9.17, 15) is 8.42 Å². The number of benzene rings is 1. The van der Waals surface area contributed by atoms with Gasteiger partial charge in [-0.2, -0.15) is 4.31 Å². The first-order chi connectivity index (χ1) is 10.0. The summed E-state index contributed by atoms with van der Waals surface area (Å²) in [5.41, 5.74) is 1.09. The highest BCUT2D eigenvalue weighted by molar-refractivity contribution is 7.89. The average molecular weight is 309 g/mol. The predicted octanol–water partition coefficient (Wildman–Crippen LogP) is 4.12. The molecule has 1 fully saturated rings. The summed E-state index contributed by atoms with van der Waals surface area (Å²) in [5.74, 6) is 0. The van der Waals surface area contributed by atoms with Crippen LogP contribution in [-0.2, 0) is 10.0 Å². The smallest absolute Gasteiger partial charge is 0.207 e. The minimum Gasteiger partial charge on any atom is -0.207 e. The van der Waals surface area contributed by atoms with E-state index in [4.69, 9.17) is 0 Å². The van der Waals surface area contributed by atoms with Crippen LogP contribution in [0.2, 0.25) is 0 Å². The first kappa shape index (κ1) is 16.5. The predicted molar refractivity (Wildman–Crippen MR) is 86.8 cm³/mol. The number of sulfonamides is 1. The molecule has 1 aromatic rings. The van der Waals surface area contributed by atoms with Crippen LogP contribution in [0.5, 0.6) is 0 Å². The second-order valence-corrected chi connectivity index (χ2v) is 7.88. The van der Waals surface area contributed by atoms with Crippen LogP contribution < -0.4 is 0 Å². The van der Waals surface area contributed by atoms with Crippen molar-refractivity contribution in [3.05, 3.63) is 29.8 Å². The van der Waals surface area contributed by atoms with Crippen LogP contribution in [0, 0.1) is 6.92 Å². The molecular weight excluding hydrogens is 282 g/mol. The number of aryl methyl sites for hydroxylation is 1. The molecule has 118 valence electrons. The van der Waals surface area contributed by atoms with Crippen molar-refractivity contribution in [1.82, 2.24) is 4.31 Å². The van der Waals surface area contributed by atoms with Gasteiger partial charge in [0.2, 0.25) is 10.0 Å². The molecule has 1 aromatic carbocycles. The van der Waals surface area contributed by atoms with Gasteiger partial charge in [-0.3, -0.25) is 0 Å². The lowest BCUT2D eigenvalue weighted by molar-refractivity contribution is 0.532. The minimum atomic E-state index is -3.30. The van der Waals surface area contributed by atoms with Crippen LogP contribution in [0.25, 0.3) is 0 Å². The van der Waals surface area contributed by atoms with Crippen molar-refractivity contribution in [2.45, 2.75) is 76.3 Å². The summed E-state index contributed by atoms with van der Waals surface area (Å²) >= 11 is 0. The number of nitrogens with zero attached hydrogens (tertiary/aromatic N) is 1. The van der Waals surface area contributed by atoms with Gasteiger partial charge in [-0.1, -0.05) is 57.2 Å². The molecule has 0 radical (unpaired) electrons. The molecule has 0 aromatic heterocycles. The second kappa shape index (κ2) is 6.93. The number of unbranched alkanes of at least 4 members (excludes halogenated alkanes) is 3. The Morgan fingerprint density at radius 3 is 2.24 bits per heavy atom. The van der Waals surface area contributed by atoms with Crippen molar-refractivity contribution in [3.8, 4) is 0 Å². The average Bonchev–Trinajstić information content (AvgIpc) is 3.18. The van der Waals surface area contributed by atoms with Crippen LogP contribution in [-0.4, -0.2) is 24.8 Å². The Hall–Kier alpha value is -0.870. The monoisotopic (exact) mass is 309 g/mol. The van der Waals surface area contributed by atoms with Gasteiger partial charge in [0, 0.05) is 12.1 Å². The van der Waals surface area contributed by atoms with Gasteiger partial charge >= 0.3 is 0 Å². The van der Waals surface area contributed by atoms with Crippen LogP contribution in [0.3, 0.4) is 0 Å². The van der Waals surface area contributed by atoms with E-state index in [0.29, 0.717) is 4.90 Å². The quantitative estimate of drug-likeness (QED) is 0.535. The Morgan fingerprint density at radius 1 is 1.00 bits per heavy atom. The van der Waals surface area contributed by atoms with Crippen LogP contribution in [0.1, 0.15) is 57.9 Å².